The Bertz CT molecular complexity index is 516. The van der Waals surface area contributed by atoms with Gasteiger partial charge in [0, 0.05) is 25.1 Å². The number of halogens is 1. The predicted molar refractivity (Wildman–Crippen MR) is 91.6 cm³/mol. The third-order valence-corrected chi connectivity index (χ3v) is 4.33. The van der Waals surface area contributed by atoms with Crippen LogP contribution in [0, 0.1) is 22.0 Å². The SMILES string of the molecule is CC(CC(=O)NCc1ccc([N+](=O)[O-])cc1)C1CCNCC1.Cl. The molecule has 2 N–H and O–H groups in total. The molecule has 1 aliphatic heterocycles. The van der Waals surface area contributed by atoms with Crippen molar-refractivity contribution < 1.29 is 9.72 Å². The quantitative estimate of drug-likeness (QED) is 0.615. The summed E-state index contributed by atoms with van der Waals surface area (Å²) in [5, 5.41) is 16.8. The van der Waals surface area contributed by atoms with Crippen molar-refractivity contribution in [2.24, 2.45) is 11.8 Å². The lowest BCUT2D eigenvalue weighted by molar-refractivity contribution is -0.384. The van der Waals surface area contributed by atoms with E-state index < -0.39 is 4.92 Å². The Balaban J connectivity index is 0.00000264. The smallest absolute Gasteiger partial charge is 0.269 e. The fraction of sp³-hybridized carbons (Fsp3) is 0.562. The van der Waals surface area contributed by atoms with Crippen LogP contribution in [0.4, 0.5) is 5.69 Å². The molecule has 0 aliphatic carbocycles. The summed E-state index contributed by atoms with van der Waals surface area (Å²) in [7, 11) is 0. The van der Waals surface area contributed by atoms with Crippen molar-refractivity contribution in [2.45, 2.75) is 32.7 Å². The maximum absolute atomic E-state index is 12.0. The number of benzene rings is 1. The Labute approximate surface area is 142 Å². The number of amides is 1. The van der Waals surface area contributed by atoms with Crippen LogP contribution >= 0.6 is 12.4 Å². The molecule has 7 heteroatoms. The summed E-state index contributed by atoms with van der Waals surface area (Å²) in [6.45, 7) is 4.63. The first-order valence-electron chi connectivity index (χ1n) is 7.77. The minimum Gasteiger partial charge on any atom is -0.352 e. The van der Waals surface area contributed by atoms with Crippen LogP contribution in [0.15, 0.2) is 24.3 Å². The number of hydrogen-bond donors (Lipinski definition) is 2. The van der Waals surface area contributed by atoms with Gasteiger partial charge in [0.15, 0.2) is 0 Å². The molecule has 1 atom stereocenters. The first-order valence-corrected chi connectivity index (χ1v) is 7.77. The van der Waals surface area contributed by atoms with Crippen molar-refractivity contribution in [1.29, 1.82) is 0 Å². The second-order valence-electron chi connectivity index (χ2n) is 5.97. The Morgan fingerprint density at radius 1 is 1.35 bits per heavy atom. The number of hydrogen-bond acceptors (Lipinski definition) is 4. The van der Waals surface area contributed by atoms with E-state index in [1.807, 2.05) is 0 Å². The number of non-ortho nitro benzene ring substituents is 1. The highest BCUT2D eigenvalue weighted by molar-refractivity contribution is 5.85. The van der Waals surface area contributed by atoms with Crippen LogP contribution in [0.1, 0.15) is 31.7 Å². The topological polar surface area (TPSA) is 84.3 Å². The molecular weight excluding hydrogens is 318 g/mol. The van der Waals surface area contributed by atoms with Crippen molar-refractivity contribution >= 4 is 24.0 Å². The van der Waals surface area contributed by atoms with E-state index in [0.717, 1.165) is 31.5 Å². The van der Waals surface area contributed by atoms with Gasteiger partial charge >= 0.3 is 0 Å². The fourth-order valence-corrected chi connectivity index (χ4v) is 2.88. The van der Waals surface area contributed by atoms with Crippen LogP contribution in [0.25, 0.3) is 0 Å². The van der Waals surface area contributed by atoms with E-state index in [-0.39, 0.29) is 24.0 Å². The number of rotatable bonds is 6. The molecule has 1 aromatic carbocycles. The van der Waals surface area contributed by atoms with Crippen molar-refractivity contribution in [2.75, 3.05) is 13.1 Å². The van der Waals surface area contributed by atoms with E-state index in [9.17, 15) is 14.9 Å². The first-order chi connectivity index (χ1) is 10.6. The van der Waals surface area contributed by atoms with Crippen LogP contribution in [-0.2, 0) is 11.3 Å². The molecule has 1 saturated heterocycles. The van der Waals surface area contributed by atoms with Gasteiger partial charge in [0.05, 0.1) is 4.92 Å². The molecule has 0 aromatic heterocycles. The number of nitro benzene ring substituents is 1. The monoisotopic (exact) mass is 341 g/mol. The van der Waals surface area contributed by atoms with Gasteiger partial charge in [-0.3, -0.25) is 14.9 Å². The molecule has 0 bridgehead atoms. The lowest BCUT2D eigenvalue weighted by Gasteiger charge is -2.27. The number of nitrogens with zero attached hydrogens (tertiary/aromatic N) is 1. The summed E-state index contributed by atoms with van der Waals surface area (Å²) in [6, 6.07) is 6.27. The summed E-state index contributed by atoms with van der Waals surface area (Å²) in [5.41, 5.74) is 0.933. The highest BCUT2D eigenvalue weighted by Crippen LogP contribution is 2.24. The molecule has 1 heterocycles. The molecule has 128 valence electrons. The van der Waals surface area contributed by atoms with E-state index in [1.165, 1.54) is 12.1 Å². The van der Waals surface area contributed by atoms with Crippen LogP contribution in [0.3, 0.4) is 0 Å². The summed E-state index contributed by atoms with van der Waals surface area (Å²) >= 11 is 0. The van der Waals surface area contributed by atoms with E-state index >= 15 is 0 Å². The Morgan fingerprint density at radius 2 is 1.96 bits per heavy atom. The fourth-order valence-electron chi connectivity index (χ4n) is 2.88. The van der Waals surface area contributed by atoms with Gasteiger partial charge in [-0.1, -0.05) is 19.1 Å². The Hall–Kier alpha value is -1.66. The maximum Gasteiger partial charge on any atom is 0.269 e. The molecule has 6 nitrogen and oxygen atoms in total. The number of piperidine rings is 1. The summed E-state index contributed by atoms with van der Waals surface area (Å²) in [5.74, 6) is 1.05. The van der Waals surface area contributed by atoms with Gasteiger partial charge < -0.3 is 10.6 Å². The van der Waals surface area contributed by atoms with Crippen molar-refractivity contribution in [3.63, 3.8) is 0 Å². The summed E-state index contributed by atoms with van der Waals surface area (Å²) in [6.07, 6.45) is 2.81. The van der Waals surface area contributed by atoms with Crippen LogP contribution < -0.4 is 10.6 Å². The van der Waals surface area contributed by atoms with Crippen molar-refractivity contribution in [3.05, 3.63) is 39.9 Å². The van der Waals surface area contributed by atoms with Gasteiger partial charge in [-0.2, -0.15) is 0 Å². The second-order valence-corrected chi connectivity index (χ2v) is 5.97. The zero-order chi connectivity index (χ0) is 15.9. The molecule has 1 fully saturated rings. The third-order valence-electron chi connectivity index (χ3n) is 4.33. The molecule has 1 unspecified atom stereocenters. The van der Waals surface area contributed by atoms with Crippen LogP contribution in [0.5, 0.6) is 0 Å². The molecule has 0 saturated carbocycles. The lowest BCUT2D eigenvalue weighted by atomic mass is 9.84. The predicted octanol–water partition coefficient (Wildman–Crippen LogP) is 2.66. The first kappa shape index (κ1) is 19.4. The third kappa shape index (κ3) is 6.15. The van der Waals surface area contributed by atoms with Gasteiger partial charge in [0.25, 0.3) is 5.69 Å². The van der Waals surface area contributed by atoms with Crippen molar-refractivity contribution in [3.8, 4) is 0 Å². The van der Waals surface area contributed by atoms with Crippen molar-refractivity contribution in [1.82, 2.24) is 10.6 Å². The zero-order valence-corrected chi connectivity index (χ0v) is 14.1. The molecule has 23 heavy (non-hydrogen) atoms. The van der Waals surface area contributed by atoms with Gasteiger partial charge in [-0.25, -0.2) is 0 Å². The standard InChI is InChI=1S/C16H23N3O3.ClH/c1-12(14-6-8-17-9-7-14)10-16(20)18-11-13-2-4-15(5-3-13)19(21)22;/h2-5,12,14,17H,6-11H2,1H3,(H,18,20);1H. The average Bonchev–Trinajstić information content (AvgIpc) is 2.54. The van der Waals surface area contributed by atoms with Gasteiger partial charge in [0.1, 0.15) is 0 Å². The van der Waals surface area contributed by atoms with Gasteiger partial charge in [-0.05, 0) is 43.3 Å². The van der Waals surface area contributed by atoms with Gasteiger partial charge in [0.2, 0.25) is 5.91 Å². The number of carbonyl (C=O) groups is 1. The van der Waals surface area contributed by atoms with E-state index in [2.05, 4.69) is 17.6 Å². The summed E-state index contributed by atoms with van der Waals surface area (Å²) < 4.78 is 0. The largest absolute Gasteiger partial charge is 0.352 e. The number of nitro groups is 1. The van der Waals surface area contributed by atoms with E-state index in [1.54, 1.807) is 12.1 Å². The Kier molecular flexibility index (Phi) is 7.98. The molecule has 1 amide bonds. The highest BCUT2D eigenvalue weighted by Gasteiger charge is 2.21. The highest BCUT2D eigenvalue weighted by atomic mass is 35.5. The molecule has 1 aliphatic rings. The zero-order valence-electron chi connectivity index (χ0n) is 13.3. The summed E-state index contributed by atoms with van der Waals surface area (Å²) in [4.78, 5) is 22.2. The molecule has 0 radical (unpaired) electrons. The van der Waals surface area contributed by atoms with E-state index in [0.29, 0.717) is 24.8 Å². The molecular formula is C16H24ClN3O3. The minimum absolute atomic E-state index is 0. The van der Waals surface area contributed by atoms with E-state index in [4.69, 9.17) is 0 Å². The number of nitrogens with one attached hydrogen (secondary N) is 2. The molecule has 2 rings (SSSR count). The number of carbonyl (C=O) groups excluding carboxylic acids is 1. The molecule has 1 aromatic rings. The van der Waals surface area contributed by atoms with Crippen LogP contribution in [-0.4, -0.2) is 23.9 Å². The lowest BCUT2D eigenvalue weighted by Crippen LogP contribution is -2.33. The Morgan fingerprint density at radius 3 is 2.52 bits per heavy atom. The maximum atomic E-state index is 12.0. The second kappa shape index (κ2) is 9.47. The van der Waals surface area contributed by atoms with Gasteiger partial charge in [-0.15, -0.1) is 12.4 Å². The molecule has 0 spiro atoms. The minimum atomic E-state index is -0.428. The van der Waals surface area contributed by atoms with Crippen LogP contribution in [0.2, 0.25) is 0 Å². The average molecular weight is 342 g/mol. The normalized spacial score (nSPS) is 16.2.